The number of rotatable bonds is 9. The predicted octanol–water partition coefficient (Wildman–Crippen LogP) is 3.57. The van der Waals surface area contributed by atoms with E-state index in [1.165, 1.54) is 31.4 Å². The van der Waals surface area contributed by atoms with Crippen LogP contribution in [0, 0.1) is 11.7 Å². The number of halogens is 1. The van der Waals surface area contributed by atoms with Gasteiger partial charge in [0.25, 0.3) is 0 Å². The first-order chi connectivity index (χ1) is 9.65. The lowest BCUT2D eigenvalue weighted by atomic mass is 9.99. The summed E-state index contributed by atoms with van der Waals surface area (Å²) in [7, 11) is 0. The number of hydrogen-bond acceptors (Lipinski definition) is 2. The zero-order valence-corrected chi connectivity index (χ0v) is 12.4. The van der Waals surface area contributed by atoms with E-state index in [9.17, 15) is 9.18 Å². The number of unbranched alkanes of at least 4 members (excludes halogenated alkanes) is 1. The molecule has 1 aromatic rings. The Morgan fingerprint density at radius 3 is 2.80 bits per heavy atom. The highest BCUT2D eigenvalue weighted by atomic mass is 19.1. The summed E-state index contributed by atoms with van der Waals surface area (Å²) in [6, 6.07) is 5.93. The van der Waals surface area contributed by atoms with Gasteiger partial charge in [-0.25, -0.2) is 4.39 Å². The van der Waals surface area contributed by atoms with E-state index in [-0.39, 0.29) is 18.3 Å². The standard InChI is InChI=1S/C16H25FN2O/c1-3-5-7-13(4-2)11-18-12-16(20)19-15-9-6-8-14(17)10-15/h6,8-10,13,18H,3-5,7,11-12H2,1-2H3,(H,19,20). The van der Waals surface area contributed by atoms with Gasteiger partial charge in [0.2, 0.25) is 5.91 Å². The molecular formula is C16H25FN2O. The van der Waals surface area contributed by atoms with Crippen LogP contribution in [0.2, 0.25) is 0 Å². The molecule has 0 spiro atoms. The molecule has 0 aromatic heterocycles. The normalized spacial score (nSPS) is 12.2. The molecule has 1 amide bonds. The molecule has 1 unspecified atom stereocenters. The molecule has 112 valence electrons. The Balaban J connectivity index is 2.25. The van der Waals surface area contributed by atoms with E-state index in [2.05, 4.69) is 24.5 Å². The highest BCUT2D eigenvalue weighted by molar-refractivity contribution is 5.92. The first-order valence-electron chi connectivity index (χ1n) is 7.41. The number of hydrogen-bond donors (Lipinski definition) is 2. The Kier molecular flexibility index (Phi) is 7.88. The summed E-state index contributed by atoms with van der Waals surface area (Å²) in [4.78, 5) is 11.7. The van der Waals surface area contributed by atoms with E-state index in [0.29, 0.717) is 11.6 Å². The smallest absolute Gasteiger partial charge is 0.238 e. The third-order valence-electron chi connectivity index (χ3n) is 3.37. The van der Waals surface area contributed by atoms with Crippen molar-refractivity contribution in [3.63, 3.8) is 0 Å². The molecular weight excluding hydrogens is 255 g/mol. The Morgan fingerprint density at radius 2 is 2.15 bits per heavy atom. The lowest BCUT2D eigenvalue weighted by Crippen LogP contribution is -2.31. The Morgan fingerprint density at radius 1 is 1.35 bits per heavy atom. The van der Waals surface area contributed by atoms with Crippen molar-refractivity contribution >= 4 is 11.6 Å². The van der Waals surface area contributed by atoms with Gasteiger partial charge < -0.3 is 10.6 Å². The summed E-state index contributed by atoms with van der Waals surface area (Å²) in [6.07, 6.45) is 4.76. The van der Waals surface area contributed by atoms with Crippen molar-refractivity contribution in [1.82, 2.24) is 5.32 Å². The molecule has 0 heterocycles. The van der Waals surface area contributed by atoms with Crippen molar-refractivity contribution in [1.29, 1.82) is 0 Å². The minimum absolute atomic E-state index is 0.138. The lowest BCUT2D eigenvalue weighted by Gasteiger charge is -2.15. The van der Waals surface area contributed by atoms with Gasteiger partial charge in [0.1, 0.15) is 5.82 Å². The van der Waals surface area contributed by atoms with E-state index in [1.807, 2.05) is 0 Å². The van der Waals surface area contributed by atoms with Crippen molar-refractivity contribution < 1.29 is 9.18 Å². The maximum Gasteiger partial charge on any atom is 0.238 e. The molecule has 0 saturated carbocycles. The predicted molar refractivity (Wildman–Crippen MR) is 81.2 cm³/mol. The van der Waals surface area contributed by atoms with Gasteiger partial charge in [-0.2, -0.15) is 0 Å². The summed E-state index contributed by atoms with van der Waals surface area (Å²) in [5.41, 5.74) is 0.495. The zero-order chi connectivity index (χ0) is 14.8. The molecule has 0 fully saturated rings. The van der Waals surface area contributed by atoms with Crippen molar-refractivity contribution in [3.05, 3.63) is 30.1 Å². The number of benzene rings is 1. The van der Waals surface area contributed by atoms with Crippen LogP contribution in [-0.4, -0.2) is 19.0 Å². The molecule has 0 radical (unpaired) electrons. The fourth-order valence-corrected chi connectivity index (χ4v) is 2.10. The van der Waals surface area contributed by atoms with Gasteiger partial charge in [0.15, 0.2) is 0 Å². The van der Waals surface area contributed by atoms with Crippen molar-refractivity contribution in [2.45, 2.75) is 39.5 Å². The number of carbonyl (C=O) groups excluding carboxylic acids is 1. The van der Waals surface area contributed by atoms with E-state index in [0.717, 1.165) is 13.0 Å². The van der Waals surface area contributed by atoms with Crippen LogP contribution >= 0.6 is 0 Å². The summed E-state index contributed by atoms with van der Waals surface area (Å²) >= 11 is 0. The Hall–Kier alpha value is -1.42. The summed E-state index contributed by atoms with van der Waals surface area (Å²) in [5, 5.41) is 5.85. The Bertz CT molecular complexity index is 409. The van der Waals surface area contributed by atoms with Crippen LogP contribution < -0.4 is 10.6 Å². The Labute approximate surface area is 121 Å². The quantitative estimate of drug-likeness (QED) is 0.726. The molecule has 2 N–H and O–H groups in total. The number of anilines is 1. The molecule has 0 bridgehead atoms. The minimum Gasteiger partial charge on any atom is -0.325 e. The fraction of sp³-hybridized carbons (Fsp3) is 0.562. The van der Waals surface area contributed by atoms with Gasteiger partial charge in [0, 0.05) is 5.69 Å². The molecule has 0 aliphatic rings. The highest BCUT2D eigenvalue weighted by Gasteiger charge is 2.07. The van der Waals surface area contributed by atoms with Gasteiger partial charge >= 0.3 is 0 Å². The second-order valence-corrected chi connectivity index (χ2v) is 5.11. The van der Waals surface area contributed by atoms with E-state index in [4.69, 9.17) is 0 Å². The van der Waals surface area contributed by atoms with Crippen LogP contribution in [0.3, 0.4) is 0 Å². The van der Waals surface area contributed by atoms with Crippen molar-refractivity contribution in [3.8, 4) is 0 Å². The van der Waals surface area contributed by atoms with Gasteiger partial charge in [0.05, 0.1) is 6.54 Å². The number of nitrogens with one attached hydrogen (secondary N) is 2. The molecule has 4 heteroatoms. The minimum atomic E-state index is -0.346. The zero-order valence-electron chi connectivity index (χ0n) is 12.4. The van der Waals surface area contributed by atoms with Gasteiger partial charge in [-0.3, -0.25) is 4.79 Å². The van der Waals surface area contributed by atoms with Crippen LogP contribution in [0.1, 0.15) is 39.5 Å². The third kappa shape index (κ3) is 6.66. The van der Waals surface area contributed by atoms with Crippen LogP contribution in [0.5, 0.6) is 0 Å². The molecule has 0 aliphatic carbocycles. The monoisotopic (exact) mass is 280 g/mol. The van der Waals surface area contributed by atoms with Gasteiger partial charge in [-0.15, -0.1) is 0 Å². The van der Waals surface area contributed by atoms with Gasteiger partial charge in [-0.05, 0) is 37.1 Å². The lowest BCUT2D eigenvalue weighted by molar-refractivity contribution is -0.115. The molecule has 0 saturated heterocycles. The maximum atomic E-state index is 13.0. The number of amides is 1. The molecule has 0 aliphatic heterocycles. The molecule has 3 nitrogen and oxygen atoms in total. The maximum absolute atomic E-state index is 13.0. The molecule has 1 aromatic carbocycles. The summed E-state index contributed by atoms with van der Waals surface area (Å²) in [6.45, 7) is 5.48. The second-order valence-electron chi connectivity index (χ2n) is 5.11. The first-order valence-corrected chi connectivity index (χ1v) is 7.41. The summed E-state index contributed by atoms with van der Waals surface area (Å²) < 4.78 is 13.0. The average molecular weight is 280 g/mol. The largest absolute Gasteiger partial charge is 0.325 e. The topological polar surface area (TPSA) is 41.1 Å². The van der Waals surface area contributed by atoms with Crippen LogP contribution in [-0.2, 0) is 4.79 Å². The fourth-order valence-electron chi connectivity index (χ4n) is 2.10. The van der Waals surface area contributed by atoms with E-state index in [1.54, 1.807) is 12.1 Å². The SMILES string of the molecule is CCCCC(CC)CNCC(=O)Nc1cccc(F)c1. The number of carbonyl (C=O) groups is 1. The third-order valence-corrected chi connectivity index (χ3v) is 3.37. The summed E-state index contributed by atoms with van der Waals surface area (Å²) in [5.74, 6) is 0.138. The van der Waals surface area contributed by atoms with Gasteiger partial charge in [-0.1, -0.05) is 39.2 Å². The van der Waals surface area contributed by atoms with Crippen LogP contribution in [0.25, 0.3) is 0 Å². The second kappa shape index (κ2) is 9.48. The van der Waals surface area contributed by atoms with E-state index < -0.39 is 0 Å². The van der Waals surface area contributed by atoms with Crippen molar-refractivity contribution in [2.75, 3.05) is 18.4 Å². The first kappa shape index (κ1) is 16.6. The highest BCUT2D eigenvalue weighted by Crippen LogP contribution is 2.11. The molecule has 1 rings (SSSR count). The van der Waals surface area contributed by atoms with Crippen LogP contribution in [0.4, 0.5) is 10.1 Å². The molecule has 1 atom stereocenters. The van der Waals surface area contributed by atoms with E-state index >= 15 is 0 Å². The molecule has 20 heavy (non-hydrogen) atoms. The van der Waals surface area contributed by atoms with Crippen LogP contribution in [0.15, 0.2) is 24.3 Å². The van der Waals surface area contributed by atoms with Crippen molar-refractivity contribution in [2.24, 2.45) is 5.92 Å². The average Bonchev–Trinajstić information content (AvgIpc) is 2.42.